The highest BCUT2D eigenvalue weighted by atomic mass is 19.1. The largest absolute Gasteiger partial charge is 0.345 e. The quantitative estimate of drug-likeness (QED) is 0.763. The van der Waals surface area contributed by atoms with E-state index in [0.29, 0.717) is 5.56 Å². The second-order valence-corrected chi connectivity index (χ2v) is 3.46. The van der Waals surface area contributed by atoms with Crippen molar-refractivity contribution in [3.05, 3.63) is 35.1 Å². The molecule has 0 unspecified atom stereocenters. The molecule has 1 radical (unpaired) electrons. The monoisotopic (exact) mass is 223 g/mol. The number of hydrogen-bond donors (Lipinski definition) is 1. The van der Waals surface area contributed by atoms with Gasteiger partial charge in [0.15, 0.2) is 0 Å². The van der Waals surface area contributed by atoms with Crippen molar-refractivity contribution in [3.8, 4) is 0 Å². The lowest BCUT2D eigenvalue weighted by atomic mass is 10.1. The second kappa shape index (κ2) is 5.25. The molecule has 0 saturated carbocycles. The number of benzene rings is 1. The first-order valence-corrected chi connectivity index (χ1v) is 4.66. The molecule has 0 heterocycles. The number of halogens is 1. The van der Waals surface area contributed by atoms with Crippen molar-refractivity contribution < 1.29 is 14.0 Å². The Balaban J connectivity index is 3.07. The van der Waals surface area contributed by atoms with Crippen molar-refractivity contribution >= 4 is 12.3 Å². The number of carbonyl (C=O) groups excluding carboxylic acids is 2. The summed E-state index contributed by atoms with van der Waals surface area (Å²) in [5.74, 6) is -0.786. The molecule has 2 amide bonds. The number of amides is 2. The van der Waals surface area contributed by atoms with Gasteiger partial charge in [0.1, 0.15) is 5.82 Å². The standard InChI is InChI=1S/C11H12FN2O2/c1-14(2)11(16)10-5-9(12)4-3-8(10)6-13-7-15/h3-5H,6H2,1-2H3,(H,13,15). The summed E-state index contributed by atoms with van der Waals surface area (Å²) in [7, 11) is 3.16. The van der Waals surface area contributed by atoms with Crippen molar-refractivity contribution in [1.82, 2.24) is 10.2 Å². The number of nitrogens with one attached hydrogen (secondary N) is 1. The van der Waals surface area contributed by atoms with Crippen molar-refractivity contribution in [2.24, 2.45) is 0 Å². The van der Waals surface area contributed by atoms with E-state index < -0.39 is 5.82 Å². The summed E-state index contributed by atoms with van der Waals surface area (Å²) in [6.07, 6.45) is 1.51. The number of nitrogens with zero attached hydrogens (tertiary/aromatic N) is 1. The molecule has 1 rings (SSSR count). The maximum Gasteiger partial charge on any atom is 0.309 e. The summed E-state index contributed by atoms with van der Waals surface area (Å²) in [5.41, 5.74) is 0.802. The van der Waals surface area contributed by atoms with E-state index in [2.05, 4.69) is 5.32 Å². The first-order valence-electron chi connectivity index (χ1n) is 4.66. The first-order chi connectivity index (χ1) is 7.56. The summed E-state index contributed by atoms with van der Waals surface area (Å²) in [5, 5.41) is 2.32. The van der Waals surface area contributed by atoms with Gasteiger partial charge < -0.3 is 10.2 Å². The fourth-order valence-corrected chi connectivity index (χ4v) is 1.27. The van der Waals surface area contributed by atoms with Crippen LogP contribution in [-0.4, -0.2) is 31.3 Å². The lowest BCUT2D eigenvalue weighted by molar-refractivity contribution is 0.0826. The molecule has 16 heavy (non-hydrogen) atoms. The van der Waals surface area contributed by atoms with E-state index in [1.54, 1.807) is 14.1 Å². The third kappa shape index (κ3) is 2.79. The average Bonchev–Trinajstić information content (AvgIpc) is 2.26. The van der Waals surface area contributed by atoms with Crippen LogP contribution >= 0.6 is 0 Å². The van der Waals surface area contributed by atoms with E-state index in [4.69, 9.17) is 0 Å². The molecule has 1 N–H and O–H groups in total. The smallest absolute Gasteiger partial charge is 0.309 e. The van der Waals surface area contributed by atoms with Gasteiger partial charge in [0.25, 0.3) is 5.91 Å². The fourth-order valence-electron chi connectivity index (χ4n) is 1.27. The van der Waals surface area contributed by atoms with Crippen LogP contribution in [-0.2, 0) is 11.3 Å². The molecular weight excluding hydrogens is 211 g/mol. The van der Waals surface area contributed by atoms with Gasteiger partial charge in [-0.15, -0.1) is 0 Å². The molecule has 0 saturated heterocycles. The van der Waals surface area contributed by atoms with Crippen LogP contribution in [0.25, 0.3) is 0 Å². The van der Waals surface area contributed by atoms with Gasteiger partial charge in [0.05, 0.1) is 0 Å². The van der Waals surface area contributed by atoms with Crippen molar-refractivity contribution in [1.29, 1.82) is 0 Å². The molecule has 0 aliphatic carbocycles. The van der Waals surface area contributed by atoms with Gasteiger partial charge in [0.2, 0.25) is 0 Å². The Hall–Kier alpha value is -1.91. The van der Waals surface area contributed by atoms with Crippen LogP contribution in [0.5, 0.6) is 0 Å². The van der Waals surface area contributed by atoms with E-state index in [0.717, 1.165) is 6.07 Å². The van der Waals surface area contributed by atoms with Gasteiger partial charge in [-0.2, -0.15) is 0 Å². The van der Waals surface area contributed by atoms with Gasteiger partial charge in [-0.1, -0.05) is 6.07 Å². The van der Waals surface area contributed by atoms with Gasteiger partial charge in [-0.05, 0) is 17.7 Å². The summed E-state index contributed by atoms with van der Waals surface area (Å²) in [6, 6.07) is 3.87. The molecule has 0 atom stereocenters. The molecular formula is C11H12FN2O2. The maximum absolute atomic E-state index is 13.0. The van der Waals surface area contributed by atoms with Crippen LogP contribution in [0, 0.1) is 5.82 Å². The Kier molecular flexibility index (Phi) is 3.99. The topological polar surface area (TPSA) is 49.4 Å². The van der Waals surface area contributed by atoms with Gasteiger partial charge in [-0.25, -0.2) is 4.39 Å². The Labute approximate surface area is 93.1 Å². The minimum Gasteiger partial charge on any atom is -0.345 e. The Morgan fingerprint density at radius 3 is 2.75 bits per heavy atom. The summed E-state index contributed by atoms with van der Waals surface area (Å²) < 4.78 is 13.0. The average molecular weight is 223 g/mol. The zero-order chi connectivity index (χ0) is 12.1. The minimum atomic E-state index is -0.482. The predicted molar refractivity (Wildman–Crippen MR) is 57.0 cm³/mol. The lowest BCUT2D eigenvalue weighted by Gasteiger charge is -2.13. The zero-order valence-corrected chi connectivity index (χ0v) is 9.08. The van der Waals surface area contributed by atoms with Crippen LogP contribution in [0.15, 0.2) is 18.2 Å². The fraction of sp³-hybridized carbons (Fsp3) is 0.273. The number of hydrogen-bond acceptors (Lipinski definition) is 2. The van der Waals surface area contributed by atoms with E-state index in [1.165, 1.54) is 23.4 Å². The highest BCUT2D eigenvalue weighted by Gasteiger charge is 2.13. The van der Waals surface area contributed by atoms with Gasteiger partial charge in [-0.3, -0.25) is 9.59 Å². The first kappa shape index (κ1) is 12.2. The molecule has 4 nitrogen and oxygen atoms in total. The molecule has 0 aliphatic heterocycles. The Morgan fingerprint density at radius 1 is 1.50 bits per heavy atom. The van der Waals surface area contributed by atoms with E-state index in [9.17, 15) is 14.0 Å². The number of rotatable bonds is 4. The second-order valence-electron chi connectivity index (χ2n) is 3.46. The molecule has 0 aliphatic rings. The molecule has 5 heteroatoms. The van der Waals surface area contributed by atoms with Crippen LogP contribution < -0.4 is 5.32 Å². The van der Waals surface area contributed by atoms with Crippen molar-refractivity contribution in [3.63, 3.8) is 0 Å². The van der Waals surface area contributed by atoms with E-state index >= 15 is 0 Å². The highest BCUT2D eigenvalue weighted by Crippen LogP contribution is 2.13. The summed E-state index contributed by atoms with van der Waals surface area (Å²) in [6.45, 7) is 0.151. The number of carbonyl (C=O) groups is 1. The summed E-state index contributed by atoms with van der Waals surface area (Å²) in [4.78, 5) is 23.1. The molecule has 0 spiro atoms. The summed E-state index contributed by atoms with van der Waals surface area (Å²) >= 11 is 0. The van der Waals surface area contributed by atoms with Crippen molar-refractivity contribution in [2.75, 3.05) is 14.1 Å². The minimum absolute atomic E-state index is 0.151. The molecule has 0 fully saturated rings. The Bertz CT molecular complexity index is 405. The normalized spacial score (nSPS) is 9.69. The van der Waals surface area contributed by atoms with Crippen LogP contribution in [0.1, 0.15) is 15.9 Å². The molecule has 0 aromatic heterocycles. The molecule has 1 aromatic rings. The lowest BCUT2D eigenvalue weighted by Crippen LogP contribution is -2.24. The van der Waals surface area contributed by atoms with Crippen LogP contribution in [0.3, 0.4) is 0 Å². The molecule has 1 aromatic carbocycles. The third-order valence-electron chi connectivity index (χ3n) is 2.06. The highest BCUT2D eigenvalue weighted by molar-refractivity contribution is 5.95. The van der Waals surface area contributed by atoms with Gasteiger partial charge in [0, 0.05) is 26.2 Å². The predicted octanol–water partition coefficient (Wildman–Crippen LogP) is 0.684. The maximum atomic E-state index is 13.0. The Morgan fingerprint density at radius 2 is 2.19 bits per heavy atom. The zero-order valence-electron chi connectivity index (χ0n) is 9.08. The SMILES string of the molecule is CN(C)C(=O)c1cc(F)ccc1CN[C]=O. The van der Waals surface area contributed by atoms with E-state index in [-0.39, 0.29) is 18.0 Å². The van der Waals surface area contributed by atoms with Gasteiger partial charge >= 0.3 is 6.41 Å². The third-order valence-corrected chi connectivity index (χ3v) is 2.06. The van der Waals surface area contributed by atoms with E-state index in [1.807, 2.05) is 0 Å². The molecule has 85 valence electrons. The van der Waals surface area contributed by atoms with Crippen LogP contribution in [0.4, 0.5) is 4.39 Å². The molecule has 0 bridgehead atoms. The van der Waals surface area contributed by atoms with Crippen LogP contribution in [0.2, 0.25) is 0 Å². The van der Waals surface area contributed by atoms with Crippen molar-refractivity contribution in [2.45, 2.75) is 6.54 Å².